The Morgan fingerprint density at radius 2 is 2.06 bits per heavy atom. The average Bonchev–Trinajstić information content (AvgIpc) is 2.36. The van der Waals surface area contributed by atoms with Crippen LogP contribution in [0.25, 0.3) is 0 Å². The van der Waals surface area contributed by atoms with Crippen LogP contribution in [0.3, 0.4) is 0 Å². The molecule has 6 heteroatoms. The minimum absolute atomic E-state index is 0.253. The molecule has 1 rings (SSSR count). The van der Waals surface area contributed by atoms with Gasteiger partial charge in [-0.15, -0.1) is 0 Å². The number of carbonyl (C=O) groups is 2. The fraction of sp³-hybridized carbons (Fsp3) is 0.417. The number of nitrogens with one attached hydrogen (secondary N) is 1. The van der Waals surface area contributed by atoms with Crippen LogP contribution < -0.4 is 10.2 Å². The van der Waals surface area contributed by atoms with Crippen molar-refractivity contribution in [3.8, 4) is 0 Å². The maximum Gasteiger partial charge on any atom is 0.328 e. The highest BCUT2D eigenvalue weighted by Gasteiger charge is 2.32. The van der Waals surface area contributed by atoms with Gasteiger partial charge in [-0.3, -0.25) is 9.78 Å². The zero-order valence-electron chi connectivity index (χ0n) is 10.9. The van der Waals surface area contributed by atoms with E-state index in [0.717, 1.165) is 0 Å². The summed E-state index contributed by atoms with van der Waals surface area (Å²) in [5, 5.41) is 11.6. The van der Waals surface area contributed by atoms with Gasteiger partial charge in [-0.25, -0.2) is 4.79 Å². The Morgan fingerprint density at radius 3 is 2.56 bits per heavy atom. The summed E-state index contributed by atoms with van der Waals surface area (Å²) in [4.78, 5) is 28.2. The first-order valence-electron chi connectivity index (χ1n) is 5.46. The summed E-state index contributed by atoms with van der Waals surface area (Å²) in [7, 11) is 3.18. The highest BCUT2D eigenvalue weighted by molar-refractivity contribution is 5.93. The third kappa shape index (κ3) is 2.58. The molecule has 6 nitrogen and oxygen atoms in total. The van der Waals surface area contributed by atoms with Crippen molar-refractivity contribution in [3.63, 3.8) is 0 Å². The van der Waals surface area contributed by atoms with Gasteiger partial charge < -0.3 is 15.3 Å². The lowest BCUT2D eigenvalue weighted by Gasteiger charge is -2.33. The molecule has 0 spiro atoms. The molecule has 0 aliphatic heterocycles. The number of carboxylic acids is 1. The molecule has 0 aromatic carbocycles. The fourth-order valence-corrected chi connectivity index (χ4v) is 1.35. The molecule has 0 saturated carbocycles. The first kappa shape index (κ1) is 14.0. The van der Waals surface area contributed by atoms with E-state index in [1.807, 2.05) is 0 Å². The molecule has 0 aliphatic rings. The average molecular weight is 251 g/mol. The Hall–Kier alpha value is -2.11. The standard InChI is InChI=1S/C12H17N3O3/c1-12(2,11(17)18)15(4)8-5-6-14-9(7-8)10(16)13-3/h5-7H,1-4H3,(H,13,16)(H,17,18). The number of anilines is 1. The van der Waals surface area contributed by atoms with Gasteiger partial charge in [0.15, 0.2) is 0 Å². The molecule has 0 fully saturated rings. The smallest absolute Gasteiger partial charge is 0.328 e. The Balaban J connectivity index is 3.11. The van der Waals surface area contributed by atoms with Crippen molar-refractivity contribution in [1.82, 2.24) is 10.3 Å². The van der Waals surface area contributed by atoms with Crippen LogP contribution in [0.5, 0.6) is 0 Å². The molecular weight excluding hydrogens is 234 g/mol. The maximum atomic E-state index is 11.5. The number of aliphatic carboxylic acids is 1. The van der Waals surface area contributed by atoms with Gasteiger partial charge in [-0.05, 0) is 26.0 Å². The van der Waals surface area contributed by atoms with Crippen molar-refractivity contribution < 1.29 is 14.7 Å². The Bertz CT molecular complexity index is 471. The largest absolute Gasteiger partial charge is 0.480 e. The lowest BCUT2D eigenvalue weighted by Crippen LogP contribution is -2.48. The van der Waals surface area contributed by atoms with Crippen molar-refractivity contribution >= 4 is 17.6 Å². The monoisotopic (exact) mass is 251 g/mol. The minimum Gasteiger partial charge on any atom is -0.480 e. The lowest BCUT2D eigenvalue weighted by atomic mass is 10.0. The Morgan fingerprint density at radius 1 is 1.44 bits per heavy atom. The number of amides is 1. The van der Waals surface area contributed by atoms with E-state index >= 15 is 0 Å². The van der Waals surface area contributed by atoms with Gasteiger partial charge in [0.2, 0.25) is 0 Å². The van der Waals surface area contributed by atoms with Crippen LogP contribution in [0.1, 0.15) is 24.3 Å². The van der Waals surface area contributed by atoms with E-state index in [9.17, 15) is 9.59 Å². The topological polar surface area (TPSA) is 82.5 Å². The van der Waals surface area contributed by atoms with E-state index in [1.165, 1.54) is 13.2 Å². The molecule has 0 aliphatic carbocycles. The van der Waals surface area contributed by atoms with Crippen molar-refractivity contribution in [2.45, 2.75) is 19.4 Å². The van der Waals surface area contributed by atoms with Crippen LogP contribution in [0.15, 0.2) is 18.3 Å². The van der Waals surface area contributed by atoms with Crippen molar-refractivity contribution in [3.05, 3.63) is 24.0 Å². The van der Waals surface area contributed by atoms with Crippen LogP contribution in [0, 0.1) is 0 Å². The fourth-order valence-electron chi connectivity index (χ4n) is 1.35. The predicted molar refractivity (Wildman–Crippen MR) is 67.7 cm³/mol. The molecule has 0 unspecified atom stereocenters. The zero-order chi connectivity index (χ0) is 13.9. The number of rotatable bonds is 4. The number of pyridine rings is 1. The van der Waals surface area contributed by atoms with Crippen LogP contribution in [0.2, 0.25) is 0 Å². The molecule has 2 N–H and O–H groups in total. The number of hydrogen-bond acceptors (Lipinski definition) is 4. The van der Waals surface area contributed by atoms with Crippen LogP contribution in [-0.2, 0) is 4.79 Å². The van der Waals surface area contributed by atoms with Crippen molar-refractivity contribution in [2.24, 2.45) is 0 Å². The maximum absolute atomic E-state index is 11.5. The van der Waals surface area contributed by atoms with Crippen LogP contribution in [-0.4, -0.2) is 41.6 Å². The van der Waals surface area contributed by atoms with Gasteiger partial charge in [0, 0.05) is 26.0 Å². The first-order valence-corrected chi connectivity index (χ1v) is 5.46. The van der Waals surface area contributed by atoms with Crippen molar-refractivity contribution in [1.29, 1.82) is 0 Å². The van der Waals surface area contributed by atoms with E-state index in [-0.39, 0.29) is 11.6 Å². The van der Waals surface area contributed by atoms with Gasteiger partial charge >= 0.3 is 5.97 Å². The molecule has 0 radical (unpaired) electrons. The lowest BCUT2D eigenvalue weighted by molar-refractivity contribution is -0.142. The Labute approximate surface area is 106 Å². The summed E-state index contributed by atoms with van der Waals surface area (Å²) in [6, 6.07) is 3.22. The van der Waals surface area contributed by atoms with Gasteiger partial charge in [0.05, 0.1) is 0 Å². The molecule has 18 heavy (non-hydrogen) atoms. The first-order chi connectivity index (χ1) is 8.30. The Kier molecular flexibility index (Phi) is 3.90. The van der Waals surface area contributed by atoms with E-state index in [1.54, 1.807) is 37.9 Å². The second-order valence-corrected chi connectivity index (χ2v) is 4.40. The minimum atomic E-state index is -1.07. The summed E-state index contributed by atoms with van der Waals surface area (Å²) in [5.41, 5.74) is -0.194. The SMILES string of the molecule is CNC(=O)c1cc(N(C)C(C)(C)C(=O)O)ccn1. The summed E-state index contributed by atoms with van der Waals surface area (Å²) in [6.45, 7) is 3.19. The van der Waals surface area contributed by atoms with Crippen LogP contribution in [0.4, 0.5) is 5.69 Å². The second kappa shape index (κ2) is 5.03. The van der Waals surface area contributed by atoms with Crippen molar-refractivity contribution in [2.75, 3.05) is 19.0 Å². The number of nitrogens with zero attached hydrogens (tertiary/aromatic N) is 2. The third-order valence-corrected chi connectivity index (χ3v) is 2.95. The number of likely N-dealkylation sites (N-methyl/N-ethyl adjacent to an activating group) is 1. The summed E-state index contributed by atoms with van der Waals surface area (Å²) < 4.78 is 0. The van der Waals surface area contributed by atoms with Gasteiger partial charge in [0.1, 0.15) is 11.2 Å². The molecule has 1 amide bonds. The second-order valence-electron chi connectivity index (χ2n) is 4.40. The zero-order valence-corrected chi connectivity index (χ0v) is 10.9. The highest BCUT2D eigenvalue weighted by atomic mass is 16.4. The third-order valence-electron chi connectivity index (χ3n) is 2.95. The summed E-state index contributed by atoms with van der Waals surface area (Å²) in [5.74, 6) is -1.25. The molecule has 0 bridgehead atoms. The van der Waals surface area contributed by atoms with Gasteiger partial charge in [-0.1, -0.05) is 0 Å². The molecule has 0 saturated heterocycles. The molecule has 1 aromatic rings. The van der Waals surface area contributed by atoms with E-state index in [0.29, 0.717) is 5.69 Å². The molecule has 98 valence electrons. The van der Waals surface area contributed by atoms with Gasteiger partial charge in [0.25, 0.3) is 5.91 Å². The van der Waals surface area contributed by atoms with E-state index in [4.69, 9.17) is 5.11 Å². The van der Waals surface area contributed by atoms with Gasteiger partial charge in [-0.2, -0.15) is 0 Å². The van der Waals surface area contributed by atoms with E-state index < -0.39 is 11.5 Å². The molecular formula is C12H17N3O3. The quantitative estimate of drug-likeness (QED) is 0.824. The summed E-state index contributed by atoms with van der Waals surface area (Å²) in [6.07, 6.45) is 1.48. The predicted octanol–water partition coefficient (Wildman–Crippen LogP) is 0.741. The number of carboxylic acid groups (broad SMARTS) is 1. The molecule has 1 heterocycles. The molecule has 0 atom stereocenters. The highest BCUT2D eigenvalue weighted by Crippen LogP contribution is 2.22. The number of carbonyl (C=O) groups excluding carboxylic acids is 1. The van der Waals surface area contributed by atoms with Crippen LogP contribution >= 0.6 is 0 Å². The summed E-state index contributed by atoms with van der Waals surface area (Å²) >= 11 is 0. The van der Waals surface area contributed by atoms with E-state index in [2.05, 4.69) is 10.3 Å². The number of aromatic nitrogens is 1. The normalized spacial score (nSPS) is 10.9. The number of hydrogen-bond donors (Lipinski definition) is 2. The molecule has 1 aromatic heterocycles.